The van der Waals surface area contributed by atoms with Crippen molar-refractivity contribution in [2.75, 3.05) is 13.2 Å². The van der Waals surface area contributed by atoms with Gasteiger partial charge in [-0.05, 0) is 65.2 Å². The van der Waals surface area contributed by atoms with Gasteiger partial charge in [-0.2, -0.15) is 0 Å². The minimum atomic E-state index is -1.49. The fourth-order valence-electron chi connectivity index (χ4n) is 4.96. The van der Waals surface area contributed by atoms with E-state index in [1.807, 2.05) is 12.1 Å². The summed E-state index contributed by atoms with van der Waals surface area (Å²) in [4.78, 5) is 0. The lowest BCUT2D eigenvalue weighted by molar-refractivity contribution is -0.249. The van der Waals surface area contributed by atoms with Gasteiger partial charge >= 0.3 is 7.12 Å². The van der Waals surface area contributed by atoms with E-state index in [0.717, 1.165) is 29.5 Å². The van der Waals surface area contributed by atoms with Crippen molar-refractivity contribution in [2.45, 2.75) is 70.5 Å². The first-order chi connectivity index (χ1) is 14.1. The summed E-state index contributed by atoms with van der Waals surface area (Å²) in [6.07, 6.45) is 3.18. The quantitative estimate of drug-likeness (QED) is 0.762. The first kappa shape index (κ1) is 21.6. The Morgan fingerprint density at radius 3 is 1.87 bits per heavy atom. The summed E-state index contributed by atoms with van der Waals surface area (Å²) in [5.74, 6) is -0.978. The minimum Gasteiger partial charge on any atom is -0.423 e. The number of fused-ring (bicyclic) bond motifs is 1. The first-order valence-electron chi connectivity index (χ1n) is 11.0. The molecule has 0 aromatic heterocycles. The SMILES string of the molecule is Cc1cc2c(cc1C1(c3ccc(B(O)O)cc3)OCCCO1)C(C)(C)CCC2(C)C. The summed E-state index contributed by atoms with van der Waals surface area (Å²) in [5.41, 5.74) is 6.57. The summed E-state index contributed by atoms with van der Waals surface area (Å²) in [6.45, 7) is 12.7. The van der Waals surface area contributed by atoms with Crippen molar-refractivity contribution in [3.05, 3.63) is 64.2 Å². The zero-order valence-electron chi connectivity index (χ0n) is 18.8. The van der Waals surface area contributed by atoms with Gasteiger partial charge in [0.25, 0.3) is 0 Å². The van der Waals surface area contributed by atoms with Crippen LogP contribution in [-0.2, 0) is 26.1 Å². The normalized spacial score (nSPS) is 21.7. The zero-order valence-corrected chi connectivity index (χ0v) is 18.8. The molecule has 2 aromatic rings. The predicted octanol–water partition coefficient (Wildman–Crippen LogP) is 3.66. The number of aryl methyl sites for hydroxylation is 1. The van der Waals surface area contributed by atoms with Crippen LogP contribution in [-0.4, -0.2) is 30.4 Å². The van der Waals surface area contributed by atoms with Gasteiger partial charge in [-0.3, -0.25) is 0 Å². The Balaban J connectivity index is 1.90. The number of benzene rings is 2. The van der Waals surface area contributed by atoms with Gasteiger partial charge in [0.15, 0.2) is 0 Å². The summed E-state index contributed by atoms with van der Waals surface area (Å²) in [5, 5.41) is 19.0. The van der Waals surface area contributed by atoms with E-state index >= 15 is 0 Å². The molecule has 0 atom stereocenters. The summed E-state index contributed by atoms with van der Waals surface area (Å²) < 4.78 is 12.8. The molecule has 2 aromatic carbocycles. The molecule has 0 radical (unpaired) electrons. The molecule has 0 saturated carbocycles. The molecule has 0 bridgehead atoms. The van der Waals surface area contributed by atoms with Crippen LogP contribution < -0.4 is 5.46 Å². The van der Waals surface area contributed by atoms with Gasteiger partial charge < -0.3 is 19.5 Å². The summed E-state index contributed by atoms with van der Waals surface area (Å²) in [7, 11) is -1.49. The van der Waals surface area contributed by atoms with Crippen LogP contribution in [0.2, 0.25) is 0 Å². The van der Waals surface area contributed by atoms with Crippen molar-refractivity contribution in [3.63, 3.8) is 0 Å². The van der Waals surface area contributed by atoms with E-state index in [4.69, 9.17) is 9.47 Å². The molecule has 1 saturated heterocycles. The highest BCUT2D eigenvalue weighted by Gasteiger charge is 2.44. The molecule has 0 amide bonds. The van der Waals surface area contributed by atoms with Crippen molar-refractivity contribution in [3.8, 4) is 0 Å². The largest absolute Gasteiger partial charge is 0.488 e. The fourth-order valence-corrected chi connectivity index (χ4v) is 4.96. The highest BCUT2D eigenvalue weighted by Crippen LogP contribution is 2.49. The molecule has 1 aliphatic carbocycles. The maximum Gasteiger partial charge on any atom is 0.488 e. The summed E-state index contributed by atoms with van der Waals surface area (Å²) >= 11 is 0. The second kappa shape index (κ2) is 7.49. The molecule has 4 nitrogen and oxygen atoms in total. The average Bonchev–Trinajstić information content (AvgIpc) is 2.72. The zero-order chi connectivity index (χ0) is 21.7. The van der Waals surface area contributed by atoms with Crippen LogP contribution in [0.3, 0.4) is 0 Å². The van der Waals surface area contributed by atoms with Crippen LogP contribution in [0.25, 0.3) is 0 Å². The predicted molar refractivity (Wildman–Crippen MR) is 120 cm³/mol. The Labute approximate surface area is 180 Å². The Kier molecular flexibility index (Phi) is 5.38. The molecule has 5 heteroatoms. The van der Waals surface area contributed by atoms with Gasteiger partial charge in [-0.25, -0.2) is 0 Å². The van der Waals surface area contributed by atoms with Gasteiger partial charge in [-0.15, -0.1) is 0 Å². The number of hydrogen-bond donors (Lipinski definition) is 2. The Hall–Kier alpha value is -1.66. The van der Waals surface area contributed by atoms with Crippen LogP contribution >= 0.6 is 0 Å². The van der Waals surface area contributed by atoms with Crippen molar-refractivity contribution < 1.29 is 19.5 Å². The number of ether oxygens (including phenoxy) is 2. The van der Waals surface area contributed by atoms with Gasteiger partial charge in [0.2, 0.25) is 5.79 Å². The Morgan fingerprint density at radius 1 is 0.800 bits per heavy atom. The Bertz CT molecular complexity index is 925. The van der Waals surface area contributed by atoms with E-state index in [2.05, 4.69) is 46.8 Å². The monoisotopic (exact) mass is 408 g/mol. The number of hydrogen-bond acceptors (Lipinski definition) is 4. The van der Waals surface area contributed by atoms with Crippen molar-refractivity contribution >= 4 is 12.6 Å². The third kappa shape index (κ3) is 3.52. The van der Waals surface area contributed by atoms with E-state index < -0.39 is 12.9 Å². The third-order valence-corrected chi connectivity index (χ3v) is 7.04. The fraction of sp³-hybridized carbons (Fsp3) is 0.520. The van der Waals surface area contributed by atoms with Gasteiger partial charge in [0, 0.05) is 11.1 Å². The standard InChI is InChI=1S/C25H33BO4/c1-17-15-21-22(24(4,5)12-11-23(21,2)3)16-20(17)25(29-13-6-14-30-25)18-7-9-19(10-8-18)26(27)28/h7-10,15-16,27-28H,6,11-14H2,1-5H3. The van der Waals surface area contributed by atoms with Crippen LogP contribution in [0.15, 0.2) is 36.4 Å². The van der Waals surface area contributed by atoms with E-state index in [1.54, 1.807) is 12.1 Å². The molecule has 4 rings (SSSR count). The highest BCUT2D eigenvalue weighted by molar-refractivity contribution is 6.58. The van der Waals surface area contributed by atoms with E-state index in [0.29, 0.717) is 18.7 Å². The second-order valence-corrected chi connectivity index (χ2v) is 10.1. The molecule has 0 spiro atoms. The van der Waals surface area contributed by atoms with Crippen LogP contribution in [0.5, 0.6) is 0 Å². The lowest BCUT2D eigenvalue weighted by Crippen LogP contribution is -2.41. The van der Waals surface area contributed by atoms with E-state index in [1.165, 1.54) is 17.5 Å². The van der Waals surface area contributed by atoms with Crippen molar-refractivity contribution in [1.82, 2.24) is 0 Å². The maximum absolute atomic E-state index is 9.48. The third-order valence-electron chi connectivity index (χ3n) is 7.04. The molecule has 160 valence electrons. The molecule has 0 unspecified atom stereocenters. The average molecular weight is 408 g/mol. The Morgan fingerprint density at radius 2 is 1.33 bits per heavy atom. The minimum absolute atomic E-state index is 0.0913. The smallest absolute Gasteiger partial charge is 0.423 e. The highest BCUT2D eigenvalue weighted by atomic mass is 16.7. The van der Waals surface area contributed by atoms with Gasteiger partial charge in [-0.1, -0.05) is 58.0 Å². The van der Waals surface area contributed by atoms with Crippen LogP contribution in [0.4, 0.5) is 0 Å². The molecule has 30 heavy (non-hydrogen) atoms. The molecule has 2 N–H and O–H groups in total. The molecular formula is C25H33BO4. The lowest BCUT2D eigenvalue weighted by Gasteiger charge is -2.44. The molecule has 1 fully saturated rings. The molecule has 2 aliphatic rings. The maximum atomic E-state index is 9.48. The lowest BCUT2D eigenvalue weighted by atomic mass is 9.62. The molecule has 1 aliphatic heterocycles. The van der Waals surface area contributed by atoms with E-state index in [9.17, 15) is 10.0 Å². The van der Waals surface area contributed by atoms with Crippen molar-refractivity contribution in [2.24, 2.45) is 0 Å². The summed E-state index contributed by atoms with van der Waals surface area (Å²) in [6, 6.07) is 11.9. The second-order valence-electron chi connectivity index (χ2n) is 10.1. The van der Waals surface area contributed by atoms with Gasteiger partial charge in [0.05, 0.1) is 13.2 Å². The van der Waals surface area contributed by atoms with Crippen LogP contribution in [0, 0.1) is 6.92 Å². The van der Waals surface area contributed by atoms with Crippen molar-refractivity contribution in [1.29, 1.82) is 0 Å². The van der Waals surface area contributed by atoms with Gasteiger partial charge in [0.1, 0.15) is 0 Å². The first-order valence-corrected chi connectivity index (χ1v) is 11.0. The topological polar surface area (TPSA) is 58.9 Å². The molecular weight excluding hydrogens is 375 g/mol. The van der Waals surface area contributed by atoms with E-state index in [-0.39, 0.29) is 10.8 Å². The number of rotatable bonds is 3. The van der Waals surface area contributed by atoms with Crippen LogP contribution in [0.1, 0.15) is 74.8 Å². The molecule has 1 heterocycles.